The average molecular weight is 542 g/mol. The summed E-state index contributed by atoms with van der Waals surface area (Å²) in [7, 11) is 2.20. The van der Waals surface area contributed by atoms with E-state index < -0.39 is 0 Å². The Balaban J connectivity index is 1.14. The number of aliphatic imine (C=N–C) groups is 1. The van der Waals surface area contributed by atoms with Crippen molar-refractivity contribution in [2.24, 2.45) is 10.9 Å². The molecule has 0 saturated carbocycles. The SMILES string of the molecule is C=C(C)n1nc(C)nc1/N=C(/C)CC[C@@H]1CCN(c2cnc(-c3ccc(CN4CCN(C)CC4)cc3C)nc2)C1. The van der Waals surface area contributed by atoms with Gasteiger partial charge < -0.3 is 9.80 Å². The highest BCUT2D eigenvalue weighted by molar-refractivity contribution is 5.84. The van der Waals surface area contributed by atoms with E-state index in [1.54, 1.807) is 4.68 Å². The molecule has 0 spiro atoms. The van der Waals surface area contributed by atoms with Crippen molar-refractivity contribution in [2.45, 2.75) is 53.5 Å². The van der Waals surface area contributed by atoms with Crippen LogP contribution in [-0.4, -0.2) is 86.6 Å². The van der Waals surface area contributed by atoms with Crippen molar-refractivity contribution < 1.29 is 0 Å². The fraction of sp³-hybridized carbons (Fsp3) is 0.516. The maximum absolute atomic E-state index is 4.77. The minimum Gasteiger partial charge on any atom is -0.369 e. The molecule has 9 nitrogen and oxygen atoms in total. The highest BCUT2D eigenvalue weighted by atomic mass is 15.4. The molecule has 1 atom stereocenters. The minimum atomic E-state index is 0.618. The Morgan fingerprint density at radius 2 is 1.80 bits per heavy atom. The van der Waals surface area contributed by atoms with Gasteiger partial charge in [-0.1, -0.05) is 24.8 Å². The molecule has 2 saturated heterocycles. The monoisotopic (exact) mass is 541 g/mol. The van der Waals surface area contributed by atoms with Gasteiger partial charge in [0.2, 0.25) is 0 Å². The fourth-order valence-corrected chi connectivity index (χ4v) is 5.64. The maximum Gasteiger partial charge on any atom is 0.252 e. The first kappa shape index (κ1) is 28.1. The molecule has 0 unspecified atom stereocenters. The van der Waals surface area contributed by atoms with Gasteiger partial charge in [0.15, 0.2) is 5.82 Å². The van der Waals surface area contributed by atoms with Crippen LogP contribution in [0.25, 0.3) is 17.1 Å². The minimum absolute atomic E-state index is 0.618. The van der Waals surface area contributed by atoms with Crippen LogP contribution in [0.4, 0.5) is 11.6 Å². The Bertz CT molecular complexity index is 1350. The lowest BCUT2D eigenvalue weighted by atomic mass is 10.0. The number of hydrogen-bond donors (Lipinski definition) is 0. The summed E-state index contributed by atoms with van der Waals surface area (Å²) in [5.41, 5.74) is 6.70. The lowest BCUT2D eigenvalue weighted by Crippen LogP contribution is -2.43. The summed E-state index contributed by atoms with van der Waals surface area (Å²) in [6.45, 7) is 19.6. The van der Waals surface area contributed by atoms with Crippen LogP contribution in [0.3, 0.4) is 0 Å². The normalized spacial score (nSPS) is 19.0. The van der Waals surface area contributed by atoms with E-state index in [4.69, 9.17) is 15.0 Å². The lowest BCUT2D eigenvalue weighted by molar-refractivity contribution is 0.148. The molecule has 2 aromatic heterocycles. The van der Waals surface area contributed by atoms with Gasteiger partial charge in [-0.05, 0) is 71.0 Å². The van der Waals surface area contributed by atoms with Crippen LogP contribution >= 0.6 is 0 Å². The molecule has 5 rings (SSSR count). The number of piperazine rings is 1. The van der Waals surface area contributed by atoms with E-state index in [0.717, 1.165) is 87.1 Å². The van der Waals surface area contributed by atoms with E-state index in [9.17, 15) is 0 Å². The van der Waals surface area contributed by atoms with Crippen molar-refractivity contribution in [3.05, 3.63) is 54.1 Å². The summed E-state index contributed by atoms with van der Waals surface area (Å²) in [6.07, 6.45) is 7.19. The van der Waals surface area contributed by atoms with Gasteiger partial charge in [-0.3, -0.25) is 4.90 Å². The number of rotatable bonds is 9. The topological polar surface area (TPSA) is 78.6 Å². The van der Waals surface area contributed by atoms with Crippen LogP contribution in [0.2, 0.25) is 0 Å². The van der Waals surface area contributed by atoms with Gasteiger partial charge in [0, 0.05) is 62.8 Å². The smallest absolute Gasteiger partial charge is 0.252 e. The van der Waals surface area contributed by atoms with Crippen LogP contribution in [-0.2, 0) is 6.54 Å². The number of anilines is 1. The van der Waals surface area contributed by atoms with E-state index in [1.165, 1.54) is 17.5 Å². The van der Waals surface area contributed by atoms with Gasteiger partial charge in [-0.25, -0.2) is 19.6 Å². The van der Waals surface area contributed by atoms with Crippen LogP contribution in [0.5, 0.6) is 0 Å². The molecule has 3 aromatic rings. The number of allylic oxidation sites excluding steroid dienone is 1. The quantitative estimate of drug-likeness (QED) is 0.353. The summed E-state index contributed by atoms with van der Waals surface area (Å²) in [6, 6.07) is 6.72. The zero-order valence-corrected chi connectivity index (χ0v) is 24.8. The van der Waals surface area contributed by atoms with Crippen LogP contribution in [0, 0.1) is 19.8 Å². The van der Waals surface area contributed by atoms with E-state index in [1.807, 2.05) is 26.2 Å². The second kappa shape index (κ2) is 12.4. The largest absolute Gasteiger partial charge is 0.369 e. The van der Waals surface area contributed by atoms with Crippen molar-refractivity contribution in [2.75, 3.05) is 51.2 Å². The Morgan fingerprint density at radius 3 is 2.50 bits per heavy atom. The summed E-state index contributed by atoms with van der Waals surface area (Å²) >= 11 is 0. The van der Waals surface area contributed by atoms with E-state index in [-0.39, 0.29) is 0 Å². The molecule has 0 amide bonds. The third kappa shape index (κ3) is 6.82. The fourth-order valence-electron chi connectivity index (χ4n) is 5.64. The summed E-state index contributed by atoms with van der Waals surface area (Å²) in [5, 5.41) is 4.38. The van der Waals surface area contributed by atoms with Crippen LogP contribution in [0.1, 0.15) is 50.1 Å². The maximum atomic E-state index is 4.77. The molecule has 212 valence electrons. The zero-order chi connectivity index (χ0) is 28.2. The zero-order valence-electron chi connectivity index (χ0n) is 24.8. The highest BCUT2D eigenvalue weighted by Gasteiger charge is 2.23. The number of likely N-dealkylation sites (N-methyl/N-ethyl adjacent to an activating group) is 1. The average Bonchev–Trinajstić information content (AvgIpc) is 3.56. The predicted octanol–water partition coefficient (Wildman–Crippen LogP) is 4.99. The van der Waals surface area contributed by atoms with Gasteiger partial charge in [-0.15, -0.1) is 0 Å². The second-order valence-electron chi connectivity index (χ2n) is 11.6. The Kier molecular flexibility index (Phi) is 8.71. The molecule has 2 fully saturated rings. The molecule has 0 N–H and O–H groups in total. The van der Waals surface area contributed by atoms with Crippen LogP contribution in [0.15, 0.2) is 42.2 Å². The Labute approximate surface area is 238 Å². The third-order valence-electron chi connectivity index (χ3n) is 8.09. The number of aryl methyl sites for hydroxylation is 2. The Hall–Kier alpha value is -3.43. The van der Waals surface area contributed by atoms with Gasteiger partial charge in [0.05, 0.1) is 18.1 Å². The molecule has 0 radical (unpaired) electrons. The molecule has 2 aliphatic heterocycles. The molecular weight excluding hydrogens is 498 g/mol. The first-order valence-corrected chi connectivity index (χ1v) is 14.5. The molecule has 0 bridgehead atoms. The second-order valence-corrected chi connectivity index (χ2v) is 11.6. The predicted molar refractivity (Wildman–Crippen MR) is 163 cm³/mol. The van der Waals surface area contributed by atoms with Gasteiger partial charge in [0.25, 0.3) is 5.95 Å². The van der Waals surface area contributed by atoms with Gasteiger partial charge in [0.1, 0.15) is 5.82 Å². The molecule has 40 heavy (non-hydrogen) atoms. The van der Waals surface area contributed by atoms with Gasteiger partial charge >= 0.3 is 0 Å². The lowest BCUT2D eigenvalue weighted by Gasteiger charge is -2.32. The first-order chi connectivity index (χ1) is 19.2. The molecule has 1 aromatic carbocycles. The standard InChI is InChI=1S/C31H43N9/c1-22(2)40-31(35-25(5)36-40)34-24(4)7-8-26-11-12-39(21-26)28-18-32-30(33-19-28)29-10-9-27(17-23(29)3)20-38-15-13-37(6)14-16-38/h9-10,17-19,26H,1,7-8,11-16,20-21H2,2-6H3/b34-24-/t26-/m1/s1. The van der Waals surface area contributed by atoms with E-state index >= 15 is 0 Å². The van der Waals surface area contributed by atoms with Crippen LogP contribution < -0.4 is 4.90 Å². The van der Waals surface area contributed by atoms with Crippen molar-refractivity contribution in [3.8, 4) is 11.4 Å². The molecular formula is C31H43N9. The number of nitrogens with zero attached hydrogens (tertiary/aromatic N) is 9. The Morgan fingerprint density at radius 1 is 1.05 bits per heavy atom. The summed E-state index contributed by atoms with van der Waals surface area (Å²) in [5.74, 6) is 2.75. The highest BCUT2D eigenvalue weighted by Crippen LogP contribution is 2.28. The summed E-state index contributed by atoms with van der Waals surface area (Å²) in [4.78, 5) is 26.1. The van der Waals surface area contributed by atoms with Gasteiger partial charge in [-0.2, -0.15) is 10.1 Å². The first-order valence-electron chi connectivity index (χ1n) is 14.5. The molecule has 0 aliphatic carbocycles. The van der Waals surface area contributed by atoms with Crippen molar-refractivity contribution in [3.63, 3.8) is 0 Å². The number of benzene rings is 1. The van der Waals surface area contributed by atoms with Crippen molar-refractivity contribution in [1.82, 2.24) is 34.5 Å². The molecule has 2 aliphatic rings. The van der Waals surface area contributed by atoms with E-state index in [2.05, 4.69) is 70.5 Å². The third-order valence-corrected chi connectivity index (χ3v) is 8.09. The summed E-state index contributed by atoms with van der Waals surface area (Å²) < 4.78 is 1.71. The molecule has 9 heteroatoms. The van der Waals surface area contributed by atoms with Crippen molar-refractivity contribution >= 4 is 23.0 Å². The molecule has 4 heterocycles. The van der Waals surface area contributed by atoms with E-state index in [0.29, 0.717) is 17.7 Å². The number of aromatic nitrogens is 5. The number of hydrogen-bond acceptors (Lipinski definition) is 8. The van der Waals surface area contributed by atoms with Crippen molar-refractivity contribution in [1.29, 1.82) is 0 Å².